The van der Waals surface area contributed by atoms with Crippen molar-refractivity contribution in [1.29, 1.82) is 0 Å². The molecule has 0 unspecified atom stereocenters. The summed E-state index contributed by atoms with van der Waals surface area (Å²) in [4.78, 5) is 28.3. The molecule has 0 spiro atoms. The van der Waals surface area contributed by atoms with Crippen LogP contribution < -0.4 is 0 Å². The number of carbonyl (C=O) groups is 2. The molecular formula is C22H23F3N2O3. The Morgan fingerprint density at radius 1 is 0.967 bits per heavy atom. The van der Waals surface area contributed by atoms with Gasteiger partial charge in [-0.15, -0.1) is 0 Å². The van der Waals surface area contributed by atoms with E-state index in [9.17, 15) is 22.8 Å². The van der Waals surface area contributed by atoms with Crippen molar-refractivity contribution in [3.63, 3.8) is 0 Å². The van der Waals surface area contributed by atoms with Gasteiger partial charge in [0.2, 0.25) is 0 Å². The maximum absolute atomic E-state index is 12.9. The quantitative estimate of drug-likeness (QED) is 0.743. The van der Waals surface area contributed by atoms with Crippen LogP contribution >= 0.6 is 0 Å². The van der Waals surface area contributed by atoms with E-state index in [1.54, 1.807) is 11.8 Å². The highest BCUT2D eigenvalue weighted by Gasteiger charge is 2.32. The summed E-state index contributed by atoms with van der Waals surface area (Å²) in [5, 5.41) is 0. The summed E-state index contributed by atoms with van der Waals surface area (Å²) in [7, 11) is 0. The molecule has 160 valence electrons. The number of benzene rings is 2. The molecule has 30 heavy (non-hydrogen) atoms. The summed E-state index contributed by atoms with van der Waals surface area (Å²) in [6.45, 7) is 3.14. The number of ether oxygens (including phenoxy) is 1. The minimum absolute atomic E-state index is 0.0100. The summed E-state index contributed by atoms with van der Waals surface area (Å²) < 4.78 is 44.3. The van der Waals surface area contributed by atoms with Crippen LogP contribution in [0.25, 0.3) is 0 Å². The topological polar surface area (TPSA) is 49.9 Å². The lowest BCUT2D eigenvalue weighted by atomic mass is 10.1. The van der Waals surface area contributed by atoms with Gasteiger partial charge >= 0.3 is 6.18 Å². The second kappa shape index (κ2) is 9.30. The zero-order valence-electron chi connectivity index (χ0n) is 16.6. The van der Waals surface area contributed by atoms with E-state index in [4.69, 9.17) is 4.74 Å². The van der Waals surface area contributed by atoms with Gasteiger partial charge < -0.3 is 14.5 Å². The van der Waals surface area contributed by atoms with Gasteiger partial charge in [-0.1, -0.05) is 36.4 Å². The molecule has 0 aromatic heterocycles. The number of amides is 2. The molecular weight excluding hydrogens is 397 g/mol. The van der Waals surface area contributed by atoms with Gasteiger partial charge in [0.1, 0.15) is 6.10 Å². The molecule has 0 bridgehead atoms. The molecule has 0 aliphatic carbocycles. The van der Waals surface area contributed by atoms with Crippen molar-refractivity contribution in [2.75, 3.05) is 26.2 Å². The first kappa shape index (κ1) is 21.8. The standard InChI is InChI=1S/C22H23F3N2O3/c1-16(30-15-17-6-3-2-4-7-17)20(28)26-10-12-27(13-11-26)21(29)18-8-5-9-19(14-18)22(23,24)25/h2-9,14,16H,10-13,15H2,1H3/t16-/m0/s1. The minimum atomic E-state index is -4.50. The van der Waals surface area contributed by atoms with Gasteiger partial charge in [-0.25, -0.2) is 0 Å². The molecule has 0 saturated carbocycles. The molecule has 0 N–H and O–H groups in total. The Balaban J connectivity index is 1.52. The van der Waals surface area contributed by atoms with E-state index < -0.39 is 23.8 Å². The molecule has 2 aromatic rings. The fourth-order valence-corrected chi connectivity index (χ4v) is 3.26. The molecule has 1 heterocycles. The minimum Gasteiger partial charge on any atom is -0.364 e. The van der Waals surface area contributed by atoms with E-state index in [0.717, 1.165) is 17.7 Å². The molecule has 5 nitrogen and oxygen atoms in total. The van der Waals surface area contributed by atoms with Gasteiger partial charge in [0.05, 0.1) is 12.2 Å². The van der Waals surface area contributed by atoms with E-state index >= 15 is 0 Å². The third-order valence-electron chi connectivity index (χ3n) is 5.01. The lowest BCUT2D eigenvalue weighted by Crippen LogP contribution is -2.52. The first-order valence-corrected chi connectivity index (χ1v) is 9.66. The molecule has 3 rings (SSSR count). The largest absolute Gasteiger partial charge is 0.416 e. The van der Waals surface area contributed by atoms with Crippen molar-refractivity contribution >= 4 is 11.8 Å². The van der Waals surface area contributed by atoms with Crippen molar-refractivity contribution in [3.05, 3.63) is 71.3 Å². The predicted molar refractivity (Wildman–Crippen MR) is 105 cm³/mol. The second-order valence-electron chi connectivity index (χ2n) is 7.13. The Hall–Kier alpha value is -2.87. The summed E-state index contributed by atoms with van der Waals surface area (Å²) in [5.74, 6) is -0.640. The van der Waals surface area contributed by atoms with Crippen LogP contribution in [0.15, 0.2) is 54.6 Å². The molecule has 8 heteroatoms. The number of hydrogen-bond donors (Lipinski definition) is 0. The summed E-state index contributed by atoms with van der Waals surface area (Å²) in [5.41, 5.74) is 0.101. The number of rotatable bonds is 5. The third-order valence-corrected chi connectivity index (χ3v) is 5.01. The van der Waals surface area contributed by atoms with Crippen LogP contribution in [0.1, 0.15) is 28.4 Å². The summed E-state index contributed by atoms with van der Waals surface area (Å²) in [6, 6.07) is 13.9. The van der Waals surface area contributed by atoms with Crippen LogP contribution in [-0.4, -0.2) is 53.9 Å². The van der Waals surface area contributed by atoms with Crippen molar-refractivity contribution in [2.45, 2.75) is 25.8 Å². The maximum atomic E-state index is 12.9. The zero-order valence-corrected chi connectivity index (χ0v) is 16.6. The smallest absolute Gasteiger partial charge is 0.364 e. The first-order valence-electron chi connectivity index (χ1n) is 9.66. The molecule has 2 aromatic carbocycles. The lowest BCUT2D eigenvalue weighted by molar-refractivity contribution is -0.145. The van der Waals surface area contributed by atoms with E-state index in [1.165, 1.54) is 17.0 Å². The molecule has 1 aliphatic rings. The molecule has 1 atom stereocenters. The molecule has 1 aliphatic heterocycles. The van der Waals surface area contributed by atoms with Crippen LogP contribution in [0.4, 0.5) is 13.2 Å². The Kier molecular flexibility index (Phi) is 6.77. The Bertz CT molecular complexity index is 879. The van der Waals surface area contributed by atoms with Crippen LogP contribution in [0, 0.1) is 0 Å². The van der Waals surface area contributed by atoms with E-state index in [-0.39, 0.29) is 24.6 Å². The predicted octanol–water partition coefficient (Wildman–Crippen LogP) is 3.60. The van der Waals surface area contributed by atoms with E-state index in [2.05, 4.69) is 0 Å². The number of halogens is 3. The van der Waals surface area contributed by atoms with Crippen LogP contribution in [0.2, 0.25) is 0 Å². The molecule has 1 saturated heterocycles. The van der Waals surface area contributed by atoms with Gasteiger partial charge in [-0.2, -0.15) is 13.2 Å². The van der Waals surface area contributed by atoms with Gasteiger partial charge in [0.25, 0.3) is 11.8 Å². The Labute approximate surface area is 173 Å². The monoisotopic (exact) mass is 420 g/mol. The molecule has 2 amide bonds. The first-order chi connectivity index (χ1) is 14.3. The number of alkyl halides is 3. The summed E-state index contributed by atoms with van der Waals surface area (Å²) in [6.07, 6.45) is -5.13. The molecule has 1 fully saturated rings. The average Bonchev–Trinajstić information content (AvgIpc) is 2.77. The second-order valence-corrected chi connectivity index (χ2v) is 7.13. The molecule has 0 radical (unpaired) electrons. The maximum Gasteiger partial charge on any atom is 0.416 e. The van der Waals surface area contributed by atoms with Gasteiger partial charge in [0.15, 0.2) is 0 Å². The van der Waals surface area contributed by atoms with Crippen LogP contribution in [0.5, 0.6) is 0 Å². The van der Waals surface area contributed by atoms with Crippen molar-refractivity contribution in [1.82, 2.24) is 9.80 Å². The number of hydrogen-bond acceptors (Lipinski definition) is 3. The summed E-state index contributed by atoms with van der Waals surface area (Å²) >= 11 is 0. The van der Waals surface area contributed by atoms with Crippen molar-refractivity contribution in [3.8, 4) is 0 Å². The van der Waals surface area contributed by atoms with Gasteiger partial charge in [-0.05, 0) is 30.7 Å². The highest BCUT2D eigenvalue weighted by Crippen LogP contribution is 2.29. The van der Waals surface area contributed by atoms with Crippen LogP contribution in [0.3, 0.4) is 0 Å². The van der Waals surface area contributed by atoms with Crippen LogP contribution in [-0.2, 0) is 22.3 Å². The fraction of sp³-hybridized carbons (Fsp3) is 0.364. The highest BCUT2D eigenvalue weighted by atomic mass is 19.4. The number of carbonyl (C=O) groups excluding carboxylic acids is 2. The lowest BCUT2D eigenvalue weighted by Gasteiger charge is -2.36. The number of piperazine rings is 1. The zero-order chi connectivity index (χ0) is 21.7. The Morgan fingerprint density at radius 2 is 1.60 bits per heavy atom. The van der Waals surface area contributed by atoms with E-state index in [1.807, 2.05) is 30.3 Å². The van der Waals surface area contributed by atoms with Gasteiger partial charge in [0, 0.05) is 31.7 Å². The number of nitrogens with zero attached hydrogens (tertiary/aromatic N) is 2. The normalized spacial score (nSPS) is 15.7. The van der Waals surface area contributed by atoms with E-state index in [0.29, 0.717) is 19.7 Å². The fourth-order valence-electron chi connectivity index (χ4n) is 3.26. The van der Waals surface area contributed by atoms with Crippen molar-refractivity contribution < 1.29 is 27.5 Å². The SMILES string of the molecule is C[C@H](OCc1ccccc1)C(=O)N1CCN(C(=O)c2cccc(C(F)(F)F)c2)CC1. The third kappa shape index (κ3) is 5.38. The van der Waals surface area contributed by atoms with Crippen molar-refractivity contribution in [2.24, 2.45) is 0 Å². The average molecular weight is 420 g/mol. The highest BCUT2D eigenvalue weighted by molar-refractivity contribution is 5.94. The van der Waals surface area contributed by atoms with Gasteiger partial charge in [-0.3, -0.25) is 9.59 Å². The Morgan fingerprint density at radius 3 is 2.23 bits per heavy atom.